The van der Waals surface area contributed by atoms with Gasteiger partial charge in [0.05, 0.1) is 10.5 Å². The van der Waals surface area contributed by atoms with Gasteiger partial charge in [-0.2, -0.15) is 0 Å². The van der Waals surface area contributed by atoms with Gasteiger partial charge in [0.15, 0.2) is 0 Å². The SMILES string of the molecule is O=C(Nc1ccc(Cl)cc1)c1cc(S(=O)(=O)NC2CCCC2)ccc1F. The monoisotopic (exact) mass is 396 g/mol. The van der Waals surface area contributed by atoms with Crippen LogP contribution in [-0.4, -0.2) is 20.4 Å². The van der Waals surface area contributed by atoms with Crippen LogP contribution in [0.25, 0.3) is 0 Å². The third-order valence-electron chi connectivity index (χ3n) is 4.27. The molecule has 1 saturated carbocycles. The first-order valence-electron chi connectivity index (χ1n) is 8.24. The van der Waals surface area contributed by atoms with Gasteiger partial charge in [-0.3, -0.25) is 4.79 Å². The average molecular weight is 397 g/mol. The van der Waals surface area contributed by atoms with E-state index >= 15 is 0 Å². The maximum Gasteiger partial charge on any atom is 0.258 e. The lowest BCUT2D eigenvalue weighted by Crippen LogP contribution is -2.32. The summed E-state index contributed by atoms with van der Waals surface area (Å²) in [5.41, 5.74) is 0.0883. The van der Waals surface area contributed by atoms with E-state index in [4.69, 9.17) is 11.6 Å². The number of amides is 1. The molecule has 0 aromatic heterocycles. The third kappa shape index (κ3) is 4.41. The molecule has 0 spiro atoms. The van der Waals surface area contributed by atoms with Gasteiger partial charge in [0, 0.05) is 16.8 Å². The van der Waals surface area contributed by atoms with Crippen molar-refractivity contribution in [3.05, 3.63) is 58.9 Å². The highest BCUT2D eigenvalue weighted by atomic mass is 35.5. The molecule has 2 aromatic carbocycles. The molecule has 1 amide bonds. The van der Waals surface area contributed by atoms with Crippen LogP contribution >= 0.6 is 11.6 Å². The summed E-state index contributed by atoms with van der Waals surface area (Å²) >= 11 is 5.78. The molecule has 5 nitrogen and oxygen atoms in total. The molecule has 2 aromatic rings. The Morgan fingerprint density at radius 3 is 2.38 bits per heavy atom. The van der Waals surface area contributed by atoms with E-state index in [0.29, 0.717) is 10.7 Å². The smallest absolute Gasteiger partial charge is 0.258 e. The number of anilines is 1. The van der Waals surface area contributed by atoms with Crippen molar-refractivity contribution in [2.75, 3.05) is 5.32 Å². The van der Waals surface area contributed by atoms with Crippen molar-refractivity contribution in [2.45, 2.75) is 36.6 Å². The molecule has 0 radical (unpaired) electrons. The van der Waals surface area contributed by atoms with Gasteiger partial charge in [-0.05, 0) is 55.3 Å². The number of sulfonamides is 1. The molecule has 1 aliphatic carbocycles. The first-order chi connectivity index (χ1) is 12.3. The van der Waals surface area contributed by atoms with Gasteiger partial charge in [-0.25, -0.2) is 17.5 Å². The minimum Gasteiger partial charge on any atom is -0.322 e. The van der Waals surface area contributed by atoms with Crippen LogP contribution in [0.2, 0.25) is 5.02 Å². The third-order valence-corrected chi connectivity index (χ3v) is 6.04. The summed E-state index contributed by atoms with van der Waals surface area (Å²) in [7, 11) is -3.81. The Labute approximate surface area is 156 Å². The number of rotatable bonds is 5. The van der Waals surface area contributed by atoms with Crippen molar-refractivity contribution in [1.29, 1.82) is 0 Å². The Kier molecular flexibility index (Phi) is 5.60. The fraction of sp³-hybridized carbons (Fsp3) is 0.278. The fourth-order valence-electron chi connectivity index (χ4n) is 2.91. The molecular formula is C18H18ClFN2O3S. The second-order valence-electron chi connectivity index (χ2n) is 6.21. The summed E-state index contributed by atoms with van der Waals surface area (Å²) in [4.78, 5) is 12.2. The molecule has 1 aliphatic rings. The van der Waals surface area contributed by atoms with Crippen LogP contribution < -0.4 is 10.0 Å². The van der Waals surface area contributed by atoms with Crippen molar-refractivity contribution >= 4 is 33.2 Å². The second-order valence-corrected chi connectivity index (χ2v) is 8.36. The van der Waals surface area contributed by atoms with Crippen molar-refractivity contribution in [3.63, 3.8) is 0 Å². The molecule has 0 atom stereocenters. The second kappa shape index (κ2) is 7.73. The van der Waals surface area contributed by atoms with Crippen molar-refractivity contribution in [1.82, 2.24) is 4.72 Å². The summed E-state index contributed by atoms with van der Waals surface area (Å²) < 4.78 is 41.7. The maximum atomic E-state index is 14.1. The molecule has 0 heterocycles. The van der Waals surface area contributed by atoms with E-state index in [1.54, 1.807) is 24.3 Å². The lowest BCUT2D eigenvalue weighted by Gasteiger charge is -2.13. The van der Waals surface area contributed by atoms with E-state index < -0.39 is 21.7 Å². The number of hydrogen-bond acceptors (Lipinski definition) is 3. The van der Waals surface area contributed by atoms with Crippen LogP contribution in [-0.2, 0) is 10.0 Å². The Morgan fingerprint density at radius 1 is 1.08 bits per heavy atom. The van der Waals surface area contributed by atoms with E-state index in [2.05, 4.69) is 10.0 Å². The highest BCUT2D eigenvalue weighted by Crippen LogP contribution is 2.22. The van der Waals surface area contributed by atoms with Crippen molar-refractivity contribution in [2.24, 2.45) is 0 Å². The summed E-state index contributed by atoms with van der Waals surface area (Å²) in [6.07, 6.45) is 3.52. The Bertz CT molecular complexity index is 911. The predicted octanol–water partition coefficient (Wildman–Crippen LogP) is 3.95. The van der Waals surface area contributed by atoms with Crippen LogP contribution in [0.15, 0.2) is 47.4 Å². The van der Waals surface area contributed by atoms with Crippen molar-refractivity contribution in [3.8, 4) is 0 Å². The van der Waals surface area contributed by atoms with E-state index in [-0.39, 0.29) is 16.5 Å². The number of carbonyl (C=O) groups is 1. The quantitative estimate of drug-likeness (QED) is 0.803. The van der Waals surface area contributed by atoms with Crippen LogP contribution in [0.1, 0.15) is 36.0 Å². The van der Waals surface area contributed by atoms with Crippen LogP contribution in [0, 0.1) is 5.82 Å². The predicted molar refractivity (Wildman–Crippen MR) is 98.4 cm³/mol. The van der Waals surface area contributed by atoms with E-state index in [1.807, 2.05) is 0 Å². The molecule has 0 aliphatic heterocycles. The van der Waals surface area contributed by atoms with E-state index in [9.17, 15) is 17.6 Å². The molecule has 2 N–H and O–H groups in total. The lowest BCUT2D eigenvalue weighted by atomic mass is 10.2. The standard InChI is InChI=1S/C18H18ClFN2O3S/c19-12-5-7-13(8-6-12)21-18(23)16-11-15(9-10-17(16)20)26(24,25)22-14-3-1-2-4-14/h5-11,14,22H,1-4H2,(H,21,23). The minimum atomic E-state index is -3.81. The van der Waals surface area contributed by atoms with Gasteiger partial charge in [-0.15, -0.1) is 0 Å². The average Bonchev–Trinajstić information content (AvgIpc) is 3.09. The molecule has 0 unspecified atom stereocenters. The molecule has 8 heteroatoms. The number of carbonyl (C=O) groups excluding carboxylic acids is 1. The normalized spacial score (nSPS) is 15.2. The zero-order valence-electron chi connectivity index (χ0n) is 13.8. The van der Waals surface area contributed by atoms with Crippen molar-refractivity contribution < 1.29 is 17.6 Å². The highest BCUT2D eigenvalue weighted by molar-refractivity contribution is 7.89. The zero-order valence-corrected chi connectivity index (χ0v) is 15.4. The molecular weight excluding hydrogens is 379 g/mol. The van der Waals surface area contributed by atoms with Crippen LogP contribution in [0.3, 0.4) is 0 Å². The van der Waals surface area contributed by atoms with Crippen LogP contribution in [0.4, 0.5) is 10.1 Å². The summed E-state index contributed by atoms with van der Waals surface area (Å²) in [6, 6.07) is 9.39. The first-order valence-corrected chi connectivity index (χ1v) is 10.1. The minimum absolute atomic E-state index is 0.114. The lowest BCUT2D eigenvalue weighted by molar-refractivity contribution is 0.102. The number of hydrogen-bond donors (Lipinski definition) is 2. The summed E-state index contributed by atoms with van der Waals surface area (Å²) in [5, 5.41) is 3.03. The summed E-state index contributed by atoms with van der Waals surface area (Å²) in [6.45, 7) is 0. The number of halogens is 2. The Morgan fingerprint density at radius 2 is 1.73 bits per heavy atom. The van der Waals surface area contributed by atoms with E-state index in [1.165, 1.54) is 0 Å². The zero-order chi connectivity index (χ0) is 18.7. The molecule has 0 bridgehead atoms. The van der Waals surface area contributed by atoms with Gasteiger partial charge in [-0.1, -0.05) is 24.4 Å². The number of nitrogens with one attached hydrogen (secondary N) is 2. The maximum absolute atomic E-state index is 14.1. The fourth-order valence-corrected chi connectivity index (χ4v) is 4.37. The largest absolute Gasteiger partial charge is 0.322 e. The highest BCUT2D eigenvalue weighted by Gasteiger charge is 2.24. The molecule has 26 heavy (non-hydrogen) atoms. The topological polar surface area (TPSA) is 75.3 Å². The van der Waals surface area contributed by atoms with Crippen LogP contribution in [0.5, 0.6) is 0 Å². The van der Waals surface area contributed by atoms with Gasteiger partial charge in [0.25, 0.3) is 5.91 Å². The molecule has 0 saturated heterocycles. The van der Waals surface area contributed by atoms with E-state index in [0.717, 1.165) is 43.9 Å². The molecule has 3 rings (SSSR count). The summed E-state index contributed by atoms with van der Waals surface area (Å²) in [5.74, 6) is -1.53. The molecule has 138 valence electrons. The first kappa shape index (κ1) is 18.8. The molecule has 1 fully saturated rings. The number of benzene rings is 2. The van der Waals surface area contributed by atoms with Gasteiger partial charge < -0.3 is 5.32 Å². The van der Waals surface area contributed by atoms with Gasteiger partial charge in [0.2, 0.25) is 10.0 Å². The Hall–Kier alpha value is -1.96. The Balaban J connectivity index is 1.82. The van der Waals surface area contributed by atoms with Gasteiger partial charge in [0.1, 0.15) is 5.82 Å². The van der Waals surface area contributed by atoms with Gasteiger partial charge >= 0.3 is 0 Å².